The number of thiophene rings is 1. The molecule has 124 valence electrons. The molecule has 2 nitrogen and oxygen atoms in total. The zero-order valence-corrected chi connectivity index (χ0v) is 15.0. The maximum absolute atomic E-state index is 13.7. The summed E-state index contributed by atoms with van der Waals surface area (Å²) < 4.78 is 13.7. The van der Waals surface area contributed by atoms with Gasteiger partial charge in [0, 0.05) is 15.5 Å². The fraction of sp³-hybridized carbons (Fsp3) is 0.316. The lowest BCUT2D eigenvalue weighted by molar-refractivity contribution is -0.112. The third-order valence-corrected chi connectivity index (χ3v) is 6.92. The Hall–Kier alpha value is -1.59. The second kappa shape index (κ2) is 6.37. The Kier molecular flexibility index (Phi) is 4.22. The Morgan fingerprint density at radius 3 is 2.96 bits per heavy atom. The molecule has 5 heteroatoms. The van der Waals surface area contributed by atoms with Crippen molar-refractivity contribution in [1.82, 2.24) is 0 Å². The third kappa shape index (κ3) is 2.91. The van der Waals surface area contributed by atoms with E-state index in [1.54, 1.807) is 30.0 Å². The van der Waals surface area contributed by atoms with Crippen molar-refractivity contribution in [1.29, 1.82) is 0 Å². The van der Waals surface area contributed by atoms with Gasteiger partial charge in [-0.25, -0.2) is 4.39 Å². The summed E-state index contributed by atoms with van der Waals surface area (Å²) in [6, 6.07) is 6.26. The summed E-state index contributed by atoms with van der Waals surface area (Å²) in [5.41, 5.74) is 3.16. The average Bonchev–Trinajstić information content (AvgIpc) is 2.93. The van der Waals surface area contributed by atoms with Crippen molar-refractivity contribution >= 4 is 40.8 Å². The van der Waals surface area contributed by atoms with Crippen molar-refractivity contribution in [2.75, 3.05) is 5.32 Å². The fourth-order valence-electron chi connectivity index (χ4n) is 3.30. The van der Waals surface area contributed by atoms with Crippen molar-refractivity contribution in [2.24, 2.45) is 5.92 Å². The minimum Gasteiger partial charge on any atom is -0.319 e. The number of anilines is 1. The maximum Gasteiger partial charge on any atom is 0.262 e. The first kappa shape index (κ1) is 15.9. The average molecular weight is 359 g/mol. The summed E-state index contributed by atoms with van der Waals surface area (Å²) in [6.45, 7) is 2.31. The van der Waals surface area contributed by atoms with Crippen molar-refractivity contribution in [3.05, 3.63) is 55.9 Å². The molecule has 0 saturated heterocycles. The first-order chi connectivity index (χ1) is 11.6. The number of para-hydroxylation sites is 1. The molecule has 1 atom stereocenters. The van der Waals surface area contributed by atoms with Gasteiger partial charge in [0.05, 0.1) is 10.6 Å². The second-order valence-corrected chi connectivity index (χ2v) is 8.58. The second-order valence-electron chi connectivity index (χ2n) is 6.43. The van der Waals surface area contributed by atoms with E-state index < -0.39 is 5.82 Å². The van der Waals surface area contributed by atoms with Crippen molar-refractivity contribution < 1.29 is 9.18 Å². The molecule has 2 aromatic rings. The zero-order valence-electron chi connectivity index (χ0n) is 13.4. The van der Waals surface area contributed by atoms with Gasteiger partial charge in [-0.1, -0.05) is 19.1 Å². The Morgan fingerprint density at radius 2 is 2.12 bits per heavy atom. The van der Waals surface area contributed by atoms with Crippen LogP contribution in [-0.2, 0) is 23.4 Å². The summed E-state index contributed by atoms with van der Waals surface area (Å²) >= 11 is 3.38. The Balaban J connectivity index is 1.59. The monoisotopic (exact) mass is 359 g/mol. The molecule has 4 rings (SSSR count). The molecule has 1 aromatic heterocycles. The fourth-order valence-corrected chi connectivity index (χ4v) is 5.96. The van der Waals surface area contributed by atoms with E-state index in [1.807, 2.05) is 17.4 Å². The van der Waals surface area contributed by atoms with Crippen LogP contribution in [0.4, 0.5) is 10.1 Å². The van der Waals surface area contributed by atoms with Crippen LogP contribution in [-0.4, -0.2) is 5.91 Å². The van der Waals surface area contributed by atoms with Gasteiger partial charge in [-0.2, -0.15) is 0 Å². The van der Waals surface area contributed by atoms with Crippen LogP contribution in [0.3, 0.4) is 0 Å². The highest BCUT2D eigenvalue weighted by Gasteiger charge is 2.27. The van der Waals surface area contributed by atoms with E-state index in [2.05, 4.69) is 12.2 Å². The Labute approximate surface area is 149 Å². The van der Waals surface area contributed by atoms with E-state index in [0.717, 1.165) is 24.5 Å². The minimum atomic E-state index is -0.409. The SMILES string of the molecule is C[C@H]1CCc2c(sc3c2CSC(C(=O)Nc2ccccc2F)=C3)C1. The number of hydrogen-bond acceptors (Lipinski definition) is 3. The molecule has 0 unspecified atom stereocenters. The van der Waals surface area contributed by atoms with Gasteiger partial charge in [0.25, 0.3) is 5.91 Å². The molecular weight excluding hydrogens is 341 g/mol. The van der Waals surface area contributed by atoms with Gasteiger partial charge in [-0.05, 0) is 54.5 Å². The van der Waals surface area contributed by atoms with Crippen molar-refractivity contribution in [3.63, 3.8) is 0 Å². The number of benzene rings is 1. The zero-order chi connectivity index (χ0) is 16.7. The highest BCUT2D eigenvalue weighted by molar-refractivity contribution is 8.03. The molecule has 24 heavy (non-hydrogen) atoms. The molecule has 1 N–H and O–H groups in total. The van der Waals surface area contributed by atoms with Gasteiger partial charge in [-0.15, -0.1) is 23.1 Å². The van der Waals surface area contributed by atoms with Crippen LogP contribution in [0.25, 0.3) is 6.08 Å². The number of nitrogens with one attached hydrogen (secondary N) is 1. The lowest BCUT2D eigenvalue weighted by Gasteiger charge is -2.20. The standard InChI is InChI=1S/C19H18FNOS2/c1-11-6-7-12-13-10-23-18(9-17(13)24-16(12)8-11)19(22)21-15-5-3-2-4-14(15)20/h2-5,9,11H,6-8,10H2,1H3,(H,21,22)/t11-/m0/s1. The van der Waals surface area contributed by atoms with E-state index in [-0.39, 0.29) is 11.6 Å². The molecule has 2 heterocycles. The molecule has 0 radical (unpaired) electrons. The maximum atomic E-state index is 13.7. The van der Waals surface area contributed by atoms with Crippen LogP contribution in [0.5, 0.6) is 0 Å². The quantitative estimate of drug-likeness (QED) is 0.794. The number of amides is 1. The summed E-state index contributed by atoms with van der Waals surface area (Å²) in [5, 5.41) is 2.68. The lowest BCUT2D eigenvalue weighted by Crippen LogP contribution is -2.15. The Bertz CT molecular complexity index is 840. The molecule has 1 aliphatic heterocycles. The van der Waals surface area contributed by atoms with Gasteiger partial charge < -0.3 is 5.32 Å². The number of fused-ring (bicyclic) bond motifs is 3. The van der Waals surface area contributed by atoms with E-state index in [4.69, 9.17) is 0 Å². The third-order valence-electron chi connectivity index (χ3n) is 4.63. The number of rotatable bonds is 2. The summed E-state index contributed by atoms with van der Waals surface area (Å²) in [7, 11) is 0. The summed E-state index contributed by atoms with van der Waals surface area (Å²) in [4.78, 5) is 15.8. The van der Waals surface area contributed by atoms with Gasteiger partial charge in [0.1, 0.15) is 5.82 Å². The molecule has 0 bridgehead atoms. The van der Waals surface area contributed by atoms with Crippen LogP contribution < -0.4 is 5.32 Å². The first-order valence-corrected chi connectivity index (χ1v) is 9.96. The number of thioether (sulfide) groups is 1. The molecular formula is C19H18FNOS2. The van der Waals surface area contributed by atoms with E-state index >= 15 is 0 Å². The van der Waals surface area contributed by atoms with Crippen LogP contribution in [0, 0.1) is 11.7 Å². The topological polar surface area (TPSA) is 29.1 Å². The summed E-state index contributed by atoms with van der Waals surface area (Å²) in [6.07, 6.45) is 5.55. The number of halogens is 1. The van der Waals surface area contributed by atoms with Crippen LogP contribution in [0.2, 0.25) is 0 Å². The Morgan fingerprint density at radius 1 is 1.29 bits per heavy atom. The van der Waals surface area contributed by atoms with Crippen molar-refractivity contribution in [3.8, 4) is 0 Å². The molecule has 0 saturated carbocycles. The lowest BCUT2D eigenvalue weighted by atomic mass is 9.88. The predicted octanol–water partition coefficient (Wildman–Crippen LogP) is 5.24. The molecule has 1 amide bonds. The molecule has 1 aliphatic carbocycles. The molecule has 2 aliphatic rings. The highest BCUT2D eigenvalue weighted by atomic mass is 32.2. The summed E-state index contributed by atoms with van der Waals surface area (Å²) in [5.74, 6) is 0.952. The molecule has 1 aromatic carbocycles. The van der Waals surface area contributed by atoms with Gasteiger partial charge in [0.2, 0.25) is 0 Å². The molecule has 0 fully saturated rings. The van der Waals surface area contributed by atoms with E-state index in [9.17, 15) is 9.18 Å². The number of carbonyl (C=O) groups is 1. The smallest absolute Gasteiger partial charge is 0.262 e. The molecule has 0 spiro atoms. The predicted molar refractivity (Wildman–Crippen MR) is 99.8 cm³/mol. The van der Waals surface area contributed by atoms with Crippen LogP contribution in [0.1, 0.15) is 34.2 Å². The van der Waals surface area contributed by atoms with E-state index in [1.165, 1.54) is 33.4 Å². The minimum absolute atomic E-state index is 0.226. The van der Waals surface area contributed by atoms with Crippen LogP contribution in [0.15, 0.2) is 29.2 Å². The van der Waals surface area contributed by atoms with Crippen LogP contribution >= 0.6 is 23.1 Å². The number of carbonyl (C=O) groups excluding carboxylic acids is 1. The first-order valence-electron chi connectivity index (χ1n) is 8.15. The van der Waals surface area contributed by atoms with Crippen molar-refractivity contribution in [2.45, 2.75) is 31.9 Å². The normalized spacial score (nSPS) is 19.2. The largest absolute Gasteiger partial charge is 0.319 e. The highest BCUT2D eigenvalue weighted by Crippen LogP contribution is 2.43. The number of hydrogen-bond donors (Lipinski definition) is 1. The van der Waals surface area contributed by atoms with Gasteiger partial charge in [-0.3, -0.25) is 4.79 Å². The van der Waals surface area contributed by atoms with Gasteiger partial charge in [0.15, 0.2) is 0 Å². The van der Waals surface area contributed by atoms with Gasteiger partial charge >= 0.3 is 0 Å². The van der Waals surface area contributed by atoms with E-state index in [0.29, 0.717) is 4.91 Å².